The fourth-order valence-corrected chi connectivity index (χ4v) is 1.96. The third-order valence-electron chi connectivity index (χ3n) is 2.91. The second kappa shape index (κ2) is 4.37. The predicted octanol–water partition coefficient (Wildman–Crippen LogP) is 1.50. The van der Waals surface area contributed by atoms with E-state index in [9.17, 15) is 9.59 Å². The summed E-state index contributed by atoms with van der Waals surface area (Å²) >= 11 is 6.04. The molecule has 2 amide bonds. The number of anilines is 1. The minimum Gasteiger partial charge on any atom is -0.350 e. The number of hydrogen-bond donors (Lipinski definition) is 1. The number of hydrogen-bond acceptors (Lipinski definition) is 3. The minimum absolute atomic E-state index is 0.173. The number of nitrogens with zero attached hydrogens (tertiary/aromatic N) is 1. The van der Waals surface area contributed by atoms with Gasteiger partial charge in [-0.1, -0.05) is 17.7 Å². The van der Waals surface area contributed by atoms with E-state index in [1.165, 1.54) is 0 Å². The Bertz CT molecular complexity index is 487. The van der Waals surface area contributed by atoms with E-state index >= 15 is 0 Å². The van der Waals surface area contributed by atoms with Gasteiger partial charge in [0.1, 0.15) is 6.04 Å². The molecule has 1 heterocycles. The van der Waals surface area contributed by atoms with Crippen LogP contribution >= 0.6 is 11.6 Å². The molecule has 1 aliphatic rings. The van der Waals surface area contributed by atoms with Crippen LogP contribution in [0, 0.1) is 6.92 Å². The Morgan fingerprint density at radius 2 is 2.12 bits per heavy atom. The third-order valence-corrected chi connectivity index (χ3v) is 3.32. The van der Waals surface area contributed by atoms with Gasteiger partial charge in [-0.3, -0.25) is 14.9 Å². The van der Waals surface area contributed by atoms with Crippen molar-refractivity contribution >= 4 is 29.1 Å². The van der Waals surface area contributed by atoms with Crippen LogP contribution in [0.2, 0.25) is 5.02 Å². The van der Waals surface area contributed by atoms with Gasteiger partial charge in [-0.05, 0) is 31.5 Å². The summed E-state index contributed by atoms with van der Waals surface area (Å²) in [5.41, 5.74) is 1.76. The van der Waals surface area contributed by atoms with Crippen molar-refractivity contribution < 1.29 is 9.59 Å². The lowest BCUT2D eigenvalue weighted by Gasteiger charge is -2.33. The largest absolute Gasteiger partial charge is 0.350 e. The standard InChI is InChI=1S/C12H13ClN2O2/c1-7-3-4-9(5-10(7)13)15-6-11(16)14-12(17)8(15)2/h3-5,8H,6H2,1-2H3,(H,14,16,17). The molecule has 0 radical (unpaired) electrons. The summed E-state index contributed by atoms with van der Waals surface area (Å²) in [6, 6.07) is 5.15. The number of benzene rings is 1. The summed E-state index contributed by atoms with van der Waals surface area (Å²) in [6.07, 6.45) is 0. The highest BCUT2D eigenvalue weighted by Gasteiger charge is 2.30. The van der Waals surface area contributed by atoms with Crippen LogP contribution in [0.3, 0.4) is 0 Å². The molecule has 1 aromatic rings. The summed E-state index contributed by atoms with van der Waals surface area (Å²) in [5, 5.41) is 2.93. The number of piperazine rings is 1. The van der Waals surface area contributed by atoms with Gasteiger partial charge < -0.3 is 4.90 Å². The predicted molar refractivity (Wildman–Crippen MR) is 66.1 cm³/mol. The second-order valence-corrected chi connectivity index (χ2v) is 4.56. The Kier molecular flexibility index (Phi) is 3.07. The van der Waals surface area contributed by atoms with Gasteiger partial charge in [-0.2, -0.15) is 0 Å². The van der Waals surface area contributed by atoms with Crippen LogP contribution in [0.15, 0.2) is 18.2 Å². The molecule has 4 nitrogen and oxygen atoms in total. The number of carbonyl (C=O) groups is 2. The fraction of sp³-hybridized carbons (Fsp3) is 0.333. The SMILES string of the molecule is Cc1ccc(N2CC(=O)NC(=O)C2C)cc1Cl. The first-order valence-corrected chi connectivity index (χ1v) is 5.73. The molecule has 1 fully saturated rings. The number of rotatable bonds is 1. The van der Waals surface area contributed by atoms with Gasteiger partial charge in [0.25, 0.3) is 0 Å². The van der Waals surface area contributed by atoms with E-state index < -0.39 is 0 Å². The van der Waals surface area contributed by atoms with Crippen molar-refractivity contribution in [2.45, 2.75) is 19.9 Å². The maximum atomic E-state index is 11.5. The van der Waals surface area contributed by atoms with E-state index in [2.05, 4.69) is 5.32 Å². The molecule has 17 heavy (non-hydrogen) atoms. The lowest BCUT2D eigenvalue weighted by atomic mass is 10.1. The van der Waals surface area contributed by atoms with Crippen molar-refractivity contribution in [3.63, 3.8) is 0 Å². The zero-order chi connectivity index (χ0) is 12.6. The molecule has 1 aliphatic heterocycles. The van der Waals surface area contributed by atoms with Crippen molar-refractivity contribution in [2.75, 3.05) is 11.4 Å². The summed E-state index contributed by atoms with van der Waals surface area (Å²) < 4.78 is 0. The second-order valence-electron chi connectivity index (χ2n) is 4.15. The molecule has 0 aromatic heterocycles. The zero-order valence-corrected chi connectivity index (χ0v) is 10.4. The first-order chi connectivity index (χ1) is 7.99. The molecule has 1 saturated heterocycles. The van der Waals surface area contributed by atoms with E-state index in [4.69, 9.17) is 11.6 Å². The lowest BCUT2D eigenvalue weighted by Crippen LogP contribution is -2.57. The average Bonchev–Trinajstić information content (AvgIpc) is 2.27. The van der Waals surface area contributed by atoms with E-state index in [0.717, 1.165) is 11.3 Å². The summed E-state index contributed by atoms with van der Waals surface area (Å²) in [7, 11) is 0. The minimum atomic E-state index is -0.369. The average molecular weight is 253 g/mol. The van der Waals surface area contributed by atoms with Crippen molar-refractivity contribution in [3.8, 4) is 0 Å². The van der Waals surface area contributed by atoms with Crippen LogP contribution in [0.25, 0.3) is 0 Å². The van der Waals surface area contributed by atoms with Crippen LogP contribution in [0.1, 0.15) is 12.5 Å². The molecular weight excluding hydrogens is 240 g/mol. The van der Waals surface area contributed by atoms with Crippen LogP contribution in [-0.4, -0.2) is 24.4 Å². The van der Waals surface area contributed by atoms with Gasteiger partial charge in [0.15, 0.2) is 0 Å². The lowest BCUT2D eigenvalue weighted by molar-refractivity contribution is -0.132. The van der Waals surface area contributed by atoms with Crippen LogP contribution < -0.4 is 10.2 Å². The van der Waals surface area contributed by atoms with Gasteiger partial charge in [0, 0.05) is 10.7 Å². The van der Waals surface area contributed by atoms with E-state index in [1.807, 2.05) is 19.1 Å². The molecule has 1 unspecified atom stereocenters. The van der Waals surface area contributed by atoms with E-state index in [-0.39, 0.29) is 24.4 Å². The summed E-state index contributed by atoms with van der Waals surface area (Å²) in [5.74, 6) is -0.567. The monoisotopic (exact) mass is 252 g/mol. The highest BCUT2D eigenvalue weighted by Crippen LogP contribution is 2.25. The van der Waals surface area contributed by atoms with Crippen LogP contribution in [-0.2, 0) is 9.59 Å². The molecule has 1 aromatic carbocycles. The highest BCUT2D eigenvalue weighted by atomic mass is 35.5. The Morgan fingerprint density at radius 1 is 1.41 bits per heavy atom. The molecular formula is C12H13ClN2O2. The van der Waals surface area contributed by atoms with Crippen LogP contribution in [0.5, 0.6) is 0 Å². The molecule has 0 saturated carbocycles. The molecule has 2 rings (SSSR count). The summed E-state index contributed by atoms with van der Waals surface area (Å²) in [6.45, 7) is 3.84. The first-order valence-electron chi connectivity index (χ1n) is 5.35. The quantitative estimate of drug-likeness (QED) is 0.771. The number of halogens is 1. The van der Waals surface area contributed by atoms with Gasteiger partial charge in [0.2, 0.25) is 11.8 Å². The van der Waals surface area contributed by atoms with Crippen LogP contribution in [0.4, 0.5) is 5.69 Å². The van der Waals surface area contributed by atoms with Crippen molar-refractivity contribution in [2.24, 2.45) is 0 Å². The topological polar surface area (TPSA) is 49.4 Å². The van der Waals surface area contributed by atoms with Gasteiger partial charge in [-0.25, -0.2) is 0 Å². The smallest absolute Gasteiger partial charge is 0.249 e. The Morgan fingerprint density at radius 3 is 2.76 bits per heavy atom. The van der Waals surface area contributed by atoms with Gasteiger partial charge in [0.05, 0.1) is 6.54 Å². The Hall–Kier alpha value is -1.55. The molecule has 1 atom stereocenters. The Labute approximate surface area is 105 Å². The van der Waals surface area contributed by atoms with Crippen molar-refractivity contribution in [3.05, 3.63) is 28.8 Å². The number of imide groups is 1. The zero-order valence-electron chi connectivity index (χ0n) is 9.66. The fourth-order valence-electron chi connectivity index (χ4n) is 1.79. The molecule has 1 N–H and O–H groups in total. The number of nitrogens with one attached hydrogen (secondary N) is 1. The summed E-state index contributed by atoms with van der Waals surface area (Å²) in [4.78, 5) is 24.6. The Balaban J connectivity index is 2.34. The highest BCUT2D eigenvalue weighted by molar-refractivity contribution is 6.31. The number of carbonyl (C=O) groups excluding carboxylic acids is 2. The number of aryl methyl sites for hydroxylation is 1. The molecule has 90 valence electrons. The first kappa shape index (κ1) is 11.9. The van der Waals surface area contributed by atoms with Gasteiger partial charge >= 0.3 is 0 Å². The normalized spacial score (nSPS) is 20.4. The number of amides is 2. The van der Waals surface area contributed by atoms with Crippen molar-refractivity contribution in [1.82, 2.24) is 5.32 Å². The van der Waals surface area contributed by atoms with E-state index in [0.29, 0.717) is 5.02 Å². The van der Waals surface area contributed by atoms with Crippen molar-refractivity contribution in [1.29, 1.82) is 0 Å². The molecule has 0 spiro atoms. The molecule has 5 heteroatoms. The third kappa shape index (κ3) is 2.26. The molecule has 0 aliphatic carbocycles. The molecule has 0 bridgehead atoms. The van der Waals surface area contributed by atoms with Gasteiger partial charge in [-0.15, -0.1) is 0 Å². The van der Waals surface area contributed by atoms with E-state index in [1.54, 1.807) is 17.9 Å². The maximum absolute atomic E-state index is 11.5. The maximum Gasteiger partial charge on any atom is 0.249 e.